The molecule has 2 N–H and O–H groups in total. The van der Waals surface area contributed by atoms with Crippen LogP contribution in [-0.2, 0) is 4.79 Å². The van der Waals surface area contributed by atoms with Crippen LogP contribution < -0.4 is 15.6 Å². The first-order valence-corrected chi connectivity index (χ1v) is 8.47. The molecule has 0 aliphatic carbocycles. The zero-order valence-electron chi connectivity index (χ0n) is 15.2. The van der Waals surface area contributed by atoms with Crippen molar-refractivity contribution in [3.05, 3.63) is 29.3 Å². The van der Waals surface area contributed by atoms with Crippen molar-refractivity contribution in [1.29, 1.82) is 0 Å². The van der Waals surface area contributed by atoms with E-state index in [-0.39, 0.29) is 17.0 Å². The predicted octanol–water partition coefficient (Wildman–Crippen LogP) is 3.84. The molecule has 1 amide bonds. The molecule has 2 rings (SSSR count). The molecule has 1 aromatic rings. The molecule has 0 radical (unpaired) electrons. The molecule has 1 aliphatic heterocycles. The lowest BCUT2D eigenvalue weighted by Crippen LogP contribution is -2.57. The van der Waals surface area contributed by atoms with E-state index < -0.39 is 0 Å². The summed E-state index contributed by atoms with van der Waals surface area (Å²) in [7, 11) is 0. The molecule has 128 valence electrons. The molecular formula is C19H30N2O2. The van der Waals surface area contributed by atoms with Gasteiger partial charge in [-0.15, -0.1) is 0 Å². The summed E-state index contributed by atoms with van der Waals surface area (Å²) < 4.78 is 0. The molecule has 23 heavy (non-hydrogen) atoms. The molecule has 0 unspecified atom stereocenters. The highest BCUT2D eigenvalue weighted by Gasteiger charge is 2.39. The molecule has 0 aromatic heterocycles. The zero-order valence-corrected chi connectivity index (χ0v) is 15.2. The van der Waals surface area contributed by atoms with Crippen LogP contribution in [0, 0.1) is 6.92 Å². The maximum atomic E-state index is 11.5. The molecule has 4 heteroatoms. The maximum Gasteiger partial charge on any atom is 0.252 e. The van der Waals surface area contributed by atoms with Crippen LogP contribution in [0.5, 0.6) is 5.75 Å². The molecule has 0 bridgehead atoms. The van der Waals surface area contributed by atoms with Crippen molar-refractivity contribution >= 4 is 5.91 Å². The van der Waals surface area contributed by atoms with Gasteiger partial charge in [0.2, 0.25) is 0 Å². The van der Waals surface area contributed by atoms with Gasteiger partial charge in [0.15, 0.2) is 5.75 Å². The van der Waals surface area contributed by atoms with E-state index in [4.69, 9.17) is 4.84 Å². The summed E-state index contributed by atoms with van der Waals surface area (Å²) in [6.07, 6.45) is 2.49. The van der Waals surface area contributed by atoms with Crippen molar-refractivity contribution in [2.24, 2.45) is 0 Å². The van der Waals surface area contributed by atoms with E-state index in [2.05, 4.69) is 51.5 Å². The highest BCUT2D eigenvalue weighted by molar-refractivity contribution is 5.74. The summed E-state index contributed by atoms with van der Waals surface area (Å²) in [5, 5.41) is 3.71. The Morgan fingerprint density at radius 2 is 1.87 bits per heavy atom. The third-order valence-electron chi connectivity index (χ3n) is 4.39. The normalized spacial score (nSPS) is 20.1. The minimum Gasteiger partial charge on any atom is -0.379 e. The van der Waals surface area contributed by atoms with E-state index in [0.717, 1.165) is 18.6 Å². The number of benzene rings is 1. The van der Waals surface area contributed by atoms with E-state index in [9.17, 15) is 4.79 Å². The lowest BCUT2D eigenvalue weighted by atomic mass is 9.73. The Balaban J connectivity index is 2.29. The monoisotopic (exact) mass is 318 g/mol. The first-order chi connectivity index (χ1) is 10.6. The number of piperidine rings is 1. The lowest BCUT2D eigenvalue weighted by Gasteiger charge is -2.47. The van der Waals surface area contributed by atoms with Crippen molar-refractivity contribution in [3.8, 4) is 5.75 Å². The smallest absolute Gasteiger partial charge is 0.252 e. The highest BCUT2D eigenvalue weighted by atomic mass is 16.7. The SMILES string of the molecule is CCC(=O)NOc1ccc(C)cc1C1CC(C)(C)NC(C)(C)C1. The summed E-state index contributed by atoms with van der Waals surface area (Å²) >= 11 is 0. The fraction of sp³-hybridized carbons (Fsp3) is 0.632. The van der Waals surface area contributed by atoms with Crippen molar-refractivity contribution < 1.29 is 9.63 Å². The molecule has 0 spiro atoms. The Morgan fingerprint density at radius 1 is 1.26 bits per heavy atom. The van der Waals surface area contributed by atoms with Gasteiger partial charge in [0.05, 0.1) is 0 Å². The van der Waals surface area contributed by atoms with Crippen molar-refractivity contribution in [2.75, 3.05) is 0 Å². The average Bonchev–Trinajstić information content (AvgIpc) is 2.42. The van der Waals surface area contributed by atoms with Gasteiger partial charge in [-0.05, 0) is 59.4 Å². The number of hydrogen-bond donors (Lipinski definition) is 2. The molecule has 1 fully saturated rings. The van der Waals surface area contributed by atoms with Crippen molar-refractivity contribution in [2.45, 2.75) is 77.8 Å². The van der Waals surface area contributed by atoms with Crippen LogP contribution in [0.3, 0.4) is 0 Å². The van der Waals surface area contributed by atoms with Crippen LogP contribution >= 0.6 is 0 Å². The van der Waals surface area contributed by atoms with E-state index in [0.29, 0.717) is 12.3 Å². The van der Waals surface area contributed by atoms with Crippen LogP contribution in [-0.4, -0.2) is 17.0 Å². The third-order valence-corrected chi connectivity index (χ3v) is 4.39. The van der Waals surface area contributed by atoms with Crippen LogP contribution in [0.25, 0.3) is 0 Å². The first kappa shape index (κ1) is 17.8. The standard InChI is InChI=1S/C19H30N2O2/c1-7-17(22)20-23-16-9-8-13(2)10-15(16)14-11-18(3,4)21-19(5,6)12-14/h8-10,14,21H,7,11-12H2,1-6H3,(H,20,22). The van der Waals surface area contributed by atoms with E-state index >= 15 is 0 Å². The Kier molecular flexibility index (Phi) is 5.04. The first-order valence-electron chi connectivity index (χ1n) is 8.47. The fourth-order valence-electron chi connectivity index (χ4n) is 3.81. The summed E-state index contributed by atoms with van der Waals surface area (Å²) in [5.41, 5.74) is 5.07. The second kappa shape index (κ2) is 6.52. The van der Waals surface area contributed by atoms with Gasteiger partial charge in [-0.3, -0.25) is 4.79 Å². The Morgan fingerprint density at radius 3 is 2.43 bits per heavy atom. The zero-order chi connectivity index (χ0) is 17.3. The number of carbonyl (C=O) groups excluding carboxylic acids is 1. The Bertz CT molecular complexity index is 563. The number of aryl methyl sites for hydroxylation is 1. The number of hydrogen-bond acceptors (Lipinski definition) is 3. The van der Waals surface area contributed by atoms with Gasteiger partial charge >= 0.3 is 0 Å². The number of amides is 1. The van der Waals surface area contributed by atoms with Crippen LogP contribution in [0.4, 0.5) is 0 Å². The highest BCUT2D eigenvalue weighted by Crippen LogP contribution is 2.42. The molecule has 0 atom stereocenters. The molecule has 1 aromatic carbocycles. The summed E-state index contributed by atoms with van der Waals surface area (Å²) in [6, 6.07) is 6.17. The van der Waals surface area contributed by atoms with Gasteiger partial charge in [-0.1, -0.05) is 24.6 Å². The summed E-state index contributed by atoms with van der Waals surface area (Å²) in [4.78, 5) is 17.1. The van der Waals surface area contributed by atoms with Gasteiger partial charge in [0.1, 0.15) is 0 Å². The predicted molar refractivity (Wildman–Crippen MR) is 93.5 cm³/mol. The Hall–Kier alpha value is -1.55. The van der Waals surface area contributed by atoms with E-state index in [1.54, 1.807) is 0 Å². The van der Waals surface area contributed by atoms with Gasteiger partial charge in [-0.2, -0.15) is 5.48 Å². The largest absolute Gasteiger partial charge is 0.379 e. The minimum atomic E-state index is -0.109. The molecule has 0 saturated carbocycles. The van der Waals surface area contributed by atoms with Gasteiger partial charge in [-0.25, -0.2) is 0 Å². The maximum absolute atomic E-state index is 11.5. The molecular weight excluding hydrogens is 288 g/mol. The van der Waals surface area contributed by atoms with Crippen LogP contribution in [0.2, 0.25) is 0 Å². The molecule has 1 heterocycles. The van der Waals surface area contributed by atoms with Crippen LogP contribution in [0.1, 0.15) is 70.9 Å². The van der Waals surface area contributed by atoms with Gasteiger partial charge in [0, 0.05) is 23.1 Å². The van der Waals surface area contributed by atoms with E-state index in [1.807, 2.05) is 19.1 Å². The number of rotatable bonds is 4. The second-order valence-electron chi connectivity index (χ2n) is 8.02. The average molecular weight is 318 g/mol. The lowest BCUT2D eigenvalue weighted by molar-refractivity contribution is -0.127. The molecule has 1 aliphatic rings. The van der Waals surface area contributed by atoms with Crippen LogP contribution in [0.15, 0.2) is 18.2 Å². The van der Waals surface area contributed by atoms with E-state index in [1.165, 1.54) is 11.1 Å². The quantitative estimate of drug-likeness (QED) is 0.829. The summed E-state index contributed by atoms with van der Waals surface area (Å²) in [6.45, 7) is 12.9. The topological polar surface area (TPSA) is 50.4 Å². The second-order valence-corrected chi connectivity index (χ2v) is 8.02. The van der Waals surface area contributed by atoms with Gasteiger partial charge < -0.3 is 10.2 Å². The van der Waals surface area contributed by atoms with Gasteiger partial charge in [0.25, 0.3) is 5.91 Å². The Labute approximate surface area is 139 Å². The fourth-order valence-corrected chi connectivity index (χ4v) is 3.81. The molecule has 4 nitrogen and oxygen atoms in total. The van der Waals surface area contributed by atoms with Crippen molar-refractivity contribution in [3.63, 3.8) is 0 Å². The number of nitrogens with one attached hydrogen (secondary N) is 2. The number of carbonyl (C=O) groups is 1. The third kappa shape index (κ3) is 4.71. The van der Waals surface area contributed by atoms with Crippen molar-refractivity contribution in [1.82, 2.24) is 10.8 Å². The minimum absolute atomic E-state index is 0.0695. The molecule has 1 saturated heterocycles. The summed E-state index contributed by atoms with van der Waals surface area (Å²) in [5.74, 6) is 1.05. The number of hydroxylamine groups is 1.